The molecule has 10 heteroatoms. The molecule has 5 rings (SSSR count). The summed E-state index contributed by atoms with van der Waals surface area (Å²) in [7, 11) is -1.66. The van der Waals surface area contributed by atoms with Crippen molar-refractivity contribution in [3.63, 3.8) is 0 Å². The Labute approximate surface area is 175 Å². The standard InChI is InChI=1S/C20H26N6O3S/c1-22-14-10-26-19(29-11-14)17(9-23-26)30(21,28)25-20(27)24-18-15-6-2-4-12(15)8-13-5-3-7-16(13)18/h8-9,14,22H,2-7,10-11H2,1H3,(H3,21,24,25,27,28)/t14-,30-/m1/s1. The number of hydrogen-bond acceptors (Lipinski definition) is 5. The molecule has 2 heterocycles. The van der Waals surface area contributed by atoms with Gasteiger partial charge in [-0.05, 0) is 67.8 Å². The maximum atomic E-state index is 13.1. The van der Waals surface area contributed by atoms with Crippen LogP contribution in [0.2, 0.25) is 0 Å². The van der Waals surface area contributed by atoms with E-state index >= 15 is 0 Å². The topological polar surface area (TPSA) is 124 Å². The van der Waals surface area contributed by atoms with Crippen LogP contribution in [0.3, 0.4) is 0 Å². The van der Waals surface area contributed by atoms with Gasteiger partial charge in [-0.15, -0.1) is 4.36 Å². The summed E-state index contributed by atoms with van der Waals surface area (Å²) in [6.45, 7) is 0.967. The van der Waals surface area contributed by atoms with Gasteiger partial charge in [-0.25, -0.2) is 18.8 Å². The minimum Gasteiger partial charge on any atom is -0.475 e. The zero-order valence-electron chi connectivity index (χ0n) is 16.9. The molecule has 1 aromatic heterocycles. The second kappa shape index (κ2) is 7.36. The van der Waals surface area contributed by atoms with Gasteiger partial charge in [-0.1, -0.05) is 6.07 Å². The van der Waals surface area contributed by atoms with Gasteiger partial charge in [0.15, 0.2) is 9.92 Å². The van der Waals surface area contributed by atoms with Crippen molar-refractivity contribution in [1.82, 2.24) is 15.1 Å². The number of nitrogens with zero attached hydrogens (tertiary/aromatic N) is 3. The first kappa shape index (κ1) is 19.5. The molecule has 1 aliphatic heterocycles. The van der Waals surface area contributed by atoms with E-state index in [1.54, 1.807) is 4.68 Å². The summed E-state index contributed by atoms with van der Waals surface area (Å²) in [5.74, 6) is 0.312. The number of rotatable bonds is 3. The zero-order chi connectivity index (χ0) is 20.9. The molecular weight excluding hydrogens is 404 g/mol. The Morgan fingerprint density at radius 3 is 2.63 bits per heavy atom. The number of urea groups is 1. The fraction of sp³-hybridized carbons (Fsp3) is 0.500. The second-order valence-electron chi connectivity index (χ2n) is 8.12. The number of aromatic nitrogens is 2. The third-order valence-corrected chi connectivity index (χ3v) is 7.57. The average molecular weight is 431 g/mol. The number of nitrogens with one attached hydrogen (secondary N) is 2. The number of ether oxygens (including phenoxy) is 1. The van der Waals surface area contributed by atoms with Crippen molar-refractivity contribution in [3.8, 4) is 5.88 Å². The number of anilines is 1. The summed E-state index contributed by atoms with van der Waals surface area (Å²) < 4.78 is 24.3. The maximum absolute atomic E-state index is 13.1. The van der Waals surface area contributed by atoms with E-state index in [2.05, 4.69) is 26.2 Å². The number of aryl methyl sites for hydroxylation is 2. The van der Waals surface area contributed by atoms with Gasteiger partial charge in [0.05, 0.1) is 18.8 Å². The molecule has 0 saturated heterocycles. The smallest absolute Gasteiger partial charge is 0.354 e. The lowest BCUT2D eigenvalue weighted by atomic mass is 9.99. The molecule has 2 aromatic rings. The Morgan fingerprint density at radius 2 is 1.97 bits per heavy atom. The summed E-state index contributed by atoms with van der Waals surface area (Å²) in [6.07, 6.45) is 7.48. The minimum atomic E-state index is -3.50. The normalized spacial score (nSPS) is 21.2. The first-order valence-corrected chi connectivity index (χ1v) is 11.9. The van der Waals surface area contributed by atoms with Gasteiger partial charge in [0.2, 0.25) is 5.88 Å². The van der Waals surface area contributed by atoms with Gasteiger partial charge in [-0.3, -0.25) is 0 Å². The molecular formula is C20H26N6O3S. The average Bonchev–Trinajstić information content (AvgIpc) is 3.45. The lowest BCUT2D eigenvalue weighted by Crippen LogP contribution is -2.40. The molecule has 160 valence electrons. The highest BCUT2D eigenvalue weighted by atomic mass is 32.2. The molecule has 2 amide bonds. The molecule has 2 aliphatic carbocycles. The molecule has 0 bridgehead atoms. The minimum absolute atomic E-state index is 0.0987. The zero-order valence-corrected chi connectivity index (χ0v) is 17.8. The van der Waals surface area contributed by atoms with Crippen molar-refractivity contribution < 1.29 is 13.7 Å². The van der Waals surface area contributed by atoms with Crippen molar-refractivity contribution in [3.05, 3.63) is 34.5 Å². The molecule has 0 radical (unpaired) electrons. The number of amides is 2. The van der Waals surface area contributed by atoms with E-state index in [9.17, 15) is 9.00 Å². The Hall–Kier alpha value is -2.43. The second-order valence-corrected chi connectivity index (χ2v) is 9.88. The summed E-state index contributed by atoms with van der Waals surface area (Å²) in [5, 5.41) is 16.2. The van der Waals surface area contributed by atoms with Crippen LogP contribution in [-0.2, 0) is 42.1 Å². The van der Waals surface area contributed by atoms with Gasteiger partial charge < -0.3 is 15.4 Å². The van der Waals surface area contributed by atoms with E-state index in [1.165, 1.54) is 28.5 Å². The first-order valence-electron chi connectivity index (χ1n) is 10.3. The summed E-state index contributed by atoms with van der Waals surface area (Å²) in [6, 6.07) is 1.70. The van der Waals surface area contributed by atoms with Crippen molar-refractivity contribution >= 4 is 21.6 Å². The van der Waals surface area contributed by atoms with E-state index in [0.717, 1.165) is 44.2 Å². The van der Waals surface area contributed by atoms with Gasteiger partial charge in [0.25, 0.3) is 0 Å². The molecule has 9 nitrogen and oxygen atoms in total. The van der Waals surface area contributed by atoms with Gasteiger partial charge in [0.1, 0.15) is 11.5 Å². The van der Waals surface area contributed by atoms with Crippen molar-refractivity contribution in [1.29, 1.82) is 0 Å². The highest BCUT2D eigenvalue weighted by Gasteiger charge is 2.28. The lowest BCUT2D eigenvalue weighted by molar-refractivity contribution is 0.184. The molecule has 0 saturated carbocycles. The Morgan fingerprint density at radius 1 is 1.27 bits per heavy atom. The highest BCUT2D eigenvalue weighted by Crippen LogP contribution is 2.38. The number of carbonyl (C=O) groups excluding carboxylic acids is 1. The molecule has 1 aromatic carbocycles. The number of hydrogen-bond donors (Lipinski definition) is 3. The SMILES string of the molecule is CN[C@H]1COc2c([S@](N)(=O)=NC(=O)Nc3c4c(cc5c3CCC5)CCC4)cnn2C1. The summed E-state index contributed by atoms with van der Waals surface area (Å²) in [4.78, 5) is 12.9. The Bertz CT molecular complexity index is 1120. The van der Waals surface area contributed by atoms with Crippen LogP contribution in [0.4, 0.5) is 10.5 Å². The van der Waals surface area contributed by atoms with E-state index < -0.39 is 15.9 Å². The quantitative estimate of drug-likeness (QED) is 0.685. The number of nitrogens with two attached hydrogens (primary N) is 1. The number of benzene rings is 1. The molecule has 0 fully saturated rings. The van der Waals surface area contributed by atoms with Crippen LogP contribution in [0, 0.1) is 0 Å². The van der Waals surface area contributed by atoms with Gasteiger partial charge in [0, 0.05) is 5.69 Å². The van der Waals surface area contributed by atoms with Crippen LogP contribution in [0.15, 0.2) is 21.5 Å². The van der Waals surface area contributed by atoms with Crippen LogP contribution < -0.4 is 20.5 Å². The third-order valence-electron chi connectivity index (χ3n) is 6.22. The monoisotopic (exact) mass is 430 g/mol. The Balaban J connectivity index is 1.45. The summed E-state index contributed by atoms with van der Waals surface area (Å²) >= 11 is 0. The third kappa shape index (κ3) is 3.28. The van der Waals surface area contributed by atoms with Crippen LogP contribution in [0.25, 0.3) is 0 Å². The van der Waals surface area contributed by atoms with Crippen LogP contribution >= 0.6 is 0 Å². The molecule has 3 aliphatic rings. The van der Waals surface area contributed by atoms with E-state index in [0.29, 0.717) is 19.0 Å². The molecule has 0 spiro atoms. The number of carbonyl (C=O) groups is 1. The molecule has 30 heavy (non-hydrogen) atoms. The van der Waals surface area contributed by atoms with Gasteiger partial charge >= 0.3 is 6.03 Å². The fourth-order valence-corrected chi connectivity index (χ4v) is 5.72. The highest BCUT2D eigenvalue weighted by molar-refractivity contribution is 7.91. The first-order chi connectivity index (χ1) is 14.5. The maximum Gasteiger partial charge on any atom is 0.354 e. The van der Waals surface area contributed by atoms with Crippen LogP contribution in [0.5, 0.6) is 5.88 Å². The van der Waals surface area contributed by atoms with E-state index in [4.69, 9.17) is 9.88 Å². The molecule has 4 N–H and O–H groups in total. The van der Waals surface area contributed by atoms with E-state index in [-0.39, 0.29) is 10.9 Å². The largest absolute Gasteiger partial charge is 0.475 e. The molecule has 0 unspecified atom stereocenters. The van der Waals surface area contributed by atoms with Crippen molar-refractivity contribution in [2.24, 2.45) is 9.50 Å². The van der Waals surface area contributed by atoms with Gasteiger partial charge in [-0.2, -0.15) is 5.10 Å². The van der Waals surface area contributed by atoms with E-state index in [1.807, 2.05) is 7.05 Å². The Kier molecular flexibility index (Phi) is 4.79. The van der Waals surface area contributed by atoms with Crippen LogP contribution in [0.1, 0.15) is 35.1 Å². The summed E-state index contributed by atoms with van der Waals surface area (Å²) in [5.41, 5.74) is 5.83. The molecule has 2 atom stereocenters. The fourth-order valence-electron chi connectivity index (χ4n) is 4.72. The van der Waals surface area contributed by atoms with Crippen molar-refractivity contribution in [2.45, 2.75) is 56.0 Å². The number of fused-ring (bicyclic) bond motifs is 3. The predicted molar refractivity (Wildman–Crippen MR) is 113 cm³/mol. The van der Waals surface area contributed by atoms with Crippen LogP contribution in [-0.4, -0.2) is 39.7 Å². The predicted octanol–water partition coefficient (Wildman–Crippen LogP) is 1.77. The lowest BCUT2D eigenvalue weighted by Gasteiger charge is -2.24. The number of likely N-dealkylation sites (N-methyl/N-ethyl adjacent to an activating group) is 1. The van der Waals surface area contributed by atoms with Crippen molar-refractivity contribution in [2.75, 3.05) is 19.0 Å².